The zero-order valence-electron chi connectivity index (χ0n) is 15.5. The van der Waals surface area contributed by atoms with Crippen LogP contribution < -0.4 is 0 Å². The van der Waals surface area contributed by atoms with Gasteiger partial charge < -0.3 is 5.11 Å². The number of allylic oxidation sites excluding steroid dienone is 2. The molecule has 138 valence electrons. The van der Waals surface area contributed by atoms with E-state index in [1.165, 1.54) is 51.4 Å². The lowest BCUT2D eigenvalue weighted by atomic mass is 9.42. The van der Waals surface area contributed by atoms with Crippen molar-refractivity contribution in [1.82, 2.24) is 0 Å². The Labute approximate surface area is 150 Å². The fourth-order valence-corrected chi connectivity index (χ4v) is 7.76. The van der Waals surface area contributed by atoms with E-state index in [1.54, 1.807) is 5.57 Å². The first-order valence-corrected chi connectivity index (χ1v) is 10.3. The molecule has 3 unspecified atom stereocenters. The largest absolute Gasteiger partial charge is 0.393 e. The molecule has 4 rings (SSSR count). The second kappa shape index (κ2) is 6.45. The molecule has 4 fully saturated rings. The van der Waals surface area contributed by atoms with E-state index >= 15 is 0 Å². The van der Waals surface area contributed by atoms with Crippen LogP contribution in [0.2, 0.25) is 0 Å². The molecule has 1 N–H and O–H groups in total. The predicted molar refractivity (Wildman–Crippen MR) is 103 cm³/mol. The Morgan fingerprint density at radius 2 is 1.79 bits per heavy atom. The summed E-state index contributed by atoms with van der Waals surface area (Å²) in [6, 6.07) is 0. The topological polar surface area (TPSA) is 20.2 Å². The summed E-state index contributed by atoms with van der Waals surface area (Å²) in [6.07, 6.45) is 15.8. The van der Waals surface area contributed by atoms with Crippen LogP contribution in [0.5, 0.6) is 0 Å². The van der Waals surface area contributed by atoms with Crippen molar-refractivity contribution in [3.63, 3.8) is 0 Å². The molecule has 4 saturated carbocycles. The predicted octanol–water partition coefficient (Wildman–Crippen LogP) is 6.36. The highest BCUT2D eigenvalue weighted by atomic mass is 16.3. The lowest BCUT2D eigenvalue weighted by Gasteiger charge is -2.63. The minimum Gasteiger partial charge on any atom is -0.393 e. The first kappa shape index (κ1) is 18.5. The third-order valence-electron chi connectivity index (χ3n) is 9.07. The molecule has 7 atom stereocenters. The molecule has 4 aliphatic carbocycles. The van der Waals surface area contributed by atoms with E-state index in [1.807, 2.05) is 0 Å². The smallest absolute Gasteiger partial charge is 0.0543 e. The summed E-state index contributed by atoms with van der Waals surface area (Å²) < 4.78 is 0. The van der Waals surface area contributed by atoms with Crippen LogP contribution in [-0.4, -0.2) is 11.2 Å². The average molecular weight is 333 g/mol. The molecule has 0 amide bonds. The van der Waals surface area contributed by atoms with Gasteiger partial charge in [-0.2, -0.15) is 0 Å². The third-order valence-corrected chi connectivity index (χ3v) is 9.07. The number of fused-ring (bicyclic) bond motifs is 5. The lowest BCUT2D eigenvalue weighted by molar-refractivity contribution is -0.126. The van der Waals surface area contributed by atoms with Gasteiger partial charge >= 0.3 is 0 Å². The number of aliphatic hydroxyl groups excluding tert-OH is 1. The molecule has 4 aliphatic rings. The van der Waals surface area contributed by atoms with Gasteiger partial charge in [0.05, 0.1) is 6.10 Å². The quantitative estimate of drug-likeness (QED) is 0.511. The maximum absolute atomic E-state index is 10.1. The summed E-state index contributed by atoms with van der Waals surface area (Å²) in [5, 5.41) is 10.1. The van der Waals surface area contributed by atoms with Gasteiger partial charge in [0.25, 0.3) is 0 Å². The van der Waals surface area contributed by atoms with Gasteiger partial charge in [-0.25, -0.2) is 0 Å². The number of hydrogen-bond donors (Lipinski definition) is 1. The lowest BCUT2D eigenvalue weighted by Crippen LogP contribution is -2.55. The fourth-order valence-electron chi connectivity index (χ4n) is 7.76. The first-order valence-electron chi connectivity index (χ1n) is 10.3. The highest BCUT2D eigenvalue weighted by Crippen LogP contribution is 2.66. The SMILES string of the molecule is C.C/C=C1/CCCC2[C@@H]3CCC4C[C@@H](O)CC[C@]4(C)C3CC[C@]12C. The Bertz CT molecular complexity index is 494. The second-order valence-corrected chi connectivity index (χ2v) is 9.75. The van der Waals surface area contributed by atoms with Crippen LogP contribution in [-0.2, 0) is 0 Å². The highest BCUT2D eigenvalue weighted by molar-refractivity contribution is 5.21. The van der Waals surface area contributed by atoms with Gasteiger partial charge in [0.2, 0.25) is 0 Å². The van der Waals surface area contributed by atoms with Crippen LogP contribution in [0.3, 0.4) is 0 Å². The van der Waals surface area contributed by atoms with E-state index in [9.17, 15) is 5.11 Å². The van der Waals surface area contributed by atoms with E-state index in [0.717, 1.165) is 36.5 Å². The highest BCUT2D eigenvalue weighted by Gasteiger charge is 2.57. The van der Waals surface area contributed by atoms with Crippen molar-refractivity contribution in [1.29, 1.82) is 0 Å². The minimum atomic E-state index is -0.0113. The fraction of sp³-hybridized carbons (Fsp3) is 0.913. The Kier molecular flexibility index (Phi) is 4.97. The van der Waals surface area contributed by atoms with Crippen molar-refractivity contribution in [3.8, 4) is 0 Å². The summed E-state index contributed by atoms with van der Waals surface area (Å²) in [7, 11) is 0. The molecule has 0 aromatic carbocycles. The van der Waals surface area contributed by atoms with E-state index < -0.39 is 0 Å². The van der Waals surface area contributed by atoms with E-state index in [-0.39, 0.29) is 13.5 Å². The number of rotatable bonds is 0. The molecule has 0 radical (unpaired) electrons. The summed E-state index contributed by atoms with van der Waals surface area (Å²) >= 11 is 0. The Hall–Kier alpha value is -0.300. The standard InChI is InChI=1S/C22H36O.CH4/c1-4-15-6-5-7-19-18-9-8-16-14-17(23)10-12-22(16,3)20(18)11-13-21(15,19)2;/h4,16-20,23H,5-14H2,1-3H3;1H4/b15-4-;/t16?,17-,18-,19?,20?,21+,22-;/m0./s1. The van der Waals surface area contributed by atoms with Crippen molar-refractivity contribution in [2.75, 3.05) is 0 Å². The molecule has 0 spiro atoms. The van der Waals surface area contributed by atoms with Crippen LogP contribution in [0.15, 0.2) is 11.6 Å². The van der Waals surface area contributed by atoms with Crippen molar-refractivity contribution >= 4 is 0 Å². The molecule has 0 aromatic heterocycles. The van der Waals surface area contributed by atoms with Crippen LogP contribution >= 0.6 is 0 Å². The zero-order valence-corrected chi connectivity index (χ0v) is 15.5. The maximum atomic E-state index is 10.1. The number of aliphatic hydroxyl groups is 1. The van der Waals surface area contributed by atoms with Gasteiger partial charge in [0, 0.05) is 0 Å². The van der Waals surface area contributed by atoms with Crippen molar-refractivity contribution in [3.05, 3.63) is 11.6 Å². The summed E-state index contributed by atoms with van der Waals surface area (Å²) in [5.74, 6) is 3.62. The van der Waals surface area contributed by atoms with Gasteiger partial charge in [-0.15, -0.1) is 0 Å². The summed E-state index contributed by atoms with van der Waals surface area (Å²) in [6.45, 7) is 7.47. The second-order valence-electron chi connectivity index (χ2n) is 9.75. The molecule has 1 nitrogen and oxygen atoms in total. The van der Waals surface area contributed by atoms with Gasteiger partial charge in [-0.3, -0.25) is 0 Å². The van der Waals surface area contributed by atoms with Crippen LogP contribution in [0.4, 0.5) is 0 Å². The Balaban J connectivity index is 0.00000169. The van der Waals surface area contributed by atoms with Crippen LogP contribution in [0, 0.1) is 34.5 Å². The van der Waals surface area contributed by atoms with Gasteiger partial charge in [0.1, 0.15) is 0 Å². The van der Waals surface area contributed by atoms with Crippen LogP contribution in [0.1, 0.15) is 92.4 Å². The molecule has 0 saturated heterocycles. The molecular formula is C23H40O. The average Bonchev–Trinajstić information content (AvgIpc) is 2.54. The molecule has 0 aromatic rings. The Morgan fingerprint density at radius 3 is 2.54 bits per heavy atom. The molecule has 0 heterocycles. The molecule has 1 heteroatoms. The molecule has 24 heavy (non-hydrogen) atoms. The van der Waals surface area contributed by atoms with E-state index in [2.05, 4.69) is 26.8 Å². The summed E-state index contributed by atoms with van der Waals surface area (Å²) in [5.41, 5.74) is 2.81. The van der Waals surface area contributed by atoms with E-state index in [0.29, 0.717) is 10.8 Å². The van der Waals surface area contributed by atoms with Crippen LogP contribution in [0.25, 0.3) is 0 Å². The van der Waals surface area contributed by atoms with E-state index in [4.69, 9.17) is 0 Å². The molecule has 0 bridgehead atoms. The van der Waals surface area contributed by atoms with Gasteiger partial charge in [0.15, 0.2) is 0 Å². The maximum Gasteiger partial charge on any atom is 0.0543 e. The third kappa shape index (κ3) is 2.52. The van der Waals surface area contributed by atoms with Crippen molar-refractivity contribution in [2.45, 2.75) is 98.5 Å². The monoisotopic (exact) mass is 332 g/mol. The number of hydrogen-bond acceptors (Lipinski definition) is 1. The normalized spacial score (nSPS) is 52.7. The van der Waals surface area contributed by atoms with Crippen molar-refractivity contribution in [2.24, 2.45) is 34.5 Å². The Morgan fingerprint density at radius 1 is 1.00 bits per heavy atom. The minimum absolute atomic E-state index is 0. The van der Waals surface area contributed by atoms with Gasteiger partial charge in [-0.1, -0.05) is 32.9 Å². The zero-order chi connectivity index (χ0) is 16.2. The van der Waals surface area contributed by atoms with Gasteiger partial charge in [-0.05, 0) is 106 Å². The first-order chi connectivity index (χ1) is 11.0. The summed E-state index contributed by atoms with van der Waals surface area (Å²) in [4.78, 5) is 0. The molecular weight excluding hydrogens is 292 g/mol. The molecule has 0 aliphatic heterocycles. The van der Waals surface area contributed by atoms with Crippen molar-refractivity contribution < 1.29 is 5.11 Å².